The van der Waals surface area contributed by atoms with E-state index in [1.165, 1.54) is 6.07 Å². The molecule has 1 amide bonds. The summed E-state index contributed by atoms with van der Waals surface area (Å²) in [6.07, 6.45) is 8.10. The molecule has 212 valence electrons. The van der Waals surface area contributed by atoms with Gasteiger partial charge in [0.15, 0.2) is 5.65 Å². The summed E-state index contributed by atoms with van der Waals surface area (Å²) < 4.78 is 29.0. The van der Waals surface area contributed by atoms with Gasteiger partial charge in [0, 0.05) is 43.2 Å². The molecule has 5 rings (SSSR count). The Hall–Kier alpha value is -4.09. The number of nitrogens with zero attached hydrogens (tertiary/aromatic N) is 8. The number of carbonyl (C=O) groups is 1. The second kappa shape index (κ2) is 11.2. The minimum atomic E-state index is -0.500. The van der Waals surface area contributed by atoms with Gasteiger partial charge >= 0.3 is 12.1 Å². The van der Waals surface area contributed by atoms with E-state index in [2.05, 4.69) is 20.1 Å². The van der Waals surface area contributed by atoms with Crippen molar-refractivity contribution < 1.29 is 18.7 Å². The third-order valence-electron chi connectivity index (χ3n) is 6.72. The van der Waals surface area contributed by atoms with Crippen molar-refractivity contribution >= 4 is 17.3 Å². The highest BCUT2D eigenvalue weighted by Crippen LogP contribution is 2.28. The Bertz CT molecular complexity index is 1500. The topological polar surface area (TPSA) is 113 Å². The molecule has 1 aliphatic heterocycles. The van der Waals surface area contributed by atoms with Crippen LogP contribution in [0.25, 0.3) is 22.6 Å². The van der Waals surface area contributed by atoms with Crippen LogP contribution in [0.15, 0.2) is 30.9 Å². The fraction of sp³-hybridized carbons (Fsp3) is 0.500. The van der Waals surface area contributed by atoms with Crippen molar-refractivity contribution in [2.24, 2.45) is 5.92 Å². The Morgan fingerprint density at radius 3 is 2.60 bits per heavy atom. The molecule has 5 heterocycles. The molecule has 0 aromatic carbocycles. The highest BCUT2D eigenvalue weighted by atomic mass is 19.1. The summed E-state index contributed by atoms with van der Waals surface area (Å²) >= 11 is 0. The van der Waals surface area contributed by atoms with Crippen molar-refractivity contribution in [2.75, 3.05) is 19.7 Å². The zero-order chi connectivity index (χ0) is 28.4. The van der Waals surface area contributed by atoms with Gasteiger partial charge in [-0.1, -0.05) is 0 Å². The first-order chi connectivity index (χ1) is 19.1. The molecule has 0 bridgehead atoms. The summed E-state index contributed by atoms with van der Waals surface area (Å²) in [6, 6.07) is 1.68. The van der Waals surface area contributed by atoms with E-state index in [1.807, 2.05) is 56.3 Å². The minimum Gasteiger partial charge on any atom is -0.464 e. The van der Waals surface area contributed by atoms with Gasteiger partial charge in [-0.15, -0.1) is 0 Å². The van der Waals surface area contributed by atoms with E-state index in [0.717, 1.165) is 31.1 Å². The van der Waals surface area contributed by atoms with Crippen molar-refractivity contribution in [1.29, 1.82) is 0 Å². The van der Waals surface area contributed by atoms with Crippen LogP contribution in [0.3, 0.4) is 0 Å². The number of pyridine rings is 1. The van der Waals surface area contributed by atoms with Crippen LogP contribution in [0, 0.1) is 18.7 Å². The standard InChI is InChI=1S/C28H35FN8O3/c1-6-39-26-32-18(2)23-25(34-26)37(24(33-23)21-11-22(29)14-30-13-21)17-20-12-31-36(16-20)15-19-7-9-35(10-8-19)27(38)40-28(3,4)5/h11-14,16,19H,6-10,15,17H2,1-5H3. The first-order valence-corrected chi connectivity index (χ1v) is 13.6. The molecule has 4 aromatic rings. The van der Waals surface area contributed by atoms with Crippen molar-refractivity contribution in [3.8, 4) is 17.4 Å². The van der Waals surface area contributed by atoms with Crippen LogP contribution >= 0.6 is 0 Å². The molecular formula is C28H35FN8O3. The Balaban J connectivity index is 1.35. The van der Waals surface area contributed by atoms with E-state index in [9.17, 15) is 9.18 Å². The maximum Gasteiger partial charge on any atom is 0.410 e. The Morgan fingerprint density at radius 2 is 1.90 bits per heavy atom. The number of imidazole rings is 1. The smallest absolute Gasteiger partial charge is 0.410 e. The fourth-order valence-electron chi connectivity index (χ4n) is 4.87. The summed E-state index contributed by atoms with van der Waals surface area (Å²) in [4.78, 5) is 32.0. The number of amides is 1. The lowest BCUT2D eigenvalue weighted by molar-refractivity contribution is 0.0177. The molecule has 12 heteroatoms. The Labute approximate surface area is 232 Å². The first-order valence-electron chi connectivity index (χ1n) is 13.6. The normalized spacial score (nSPS) is 14.6. The second-order valence-electron chi connectivity index (χ2n) is 11.1. The van der Waals surface area contributed by atoms with Crippen molar-refractivity contribution in [1.82, 2.24) is 39.2 Å². The van der Waals surface area contributed by atoms with Crippen molar-refractivity contribution in [3.05, 3.63) is 47.9 Å². The maximum atomic E-state index is 14.1. The molecule has 0 spiro atoms. The minimum absolute atomic E-state index is 0.254. The molecule has 1 fully saturated rings. The largest absolute Gasteiger partial charge is 0.464 e. The molecule has 0 N–H and O–H groups in total. The third-order valence-corrected chi connectivity index (χ3v) is 6.72. The Morgan fingerprint density at radius 1 is 1.12 bits per heavy atom. The van der Waals surface area contributed by atoms with Crippen LogP contribution < -0.4 is 4.74 Å². The van der Waals surface area contributed by atoms with Crippen LogP contribution in [-0.4, -0.2) is 70.6 Å². The number of likely N-dealkylation sites (tertiary alicyclic amines) is 1. The van der Waals surface area contributed by atoms with E-state index in [0.29, 0.717) is 60.4 Å². The number of piperidine rings is 1. The number of aryl methyl sites for hydroxylation is 1. The molecule has 0 aliphatic carbocycles. The molecule has 40 heavy (non-hydrogen) atoms. The molecule has 1 aliphatic rings. The molecule has 0 unspecified atom stereocenters. The quantitative estimate of drug-likeness (QED) is 0.327. The first kappa shape index (κ1) is 27.5. The van der Waals surface area contributed by atoms with Crippen molar-refractivity contribution in [2.45, 2.75) is 66.2 Å². The average molecular weight is 551 g/mol. The van der Waals surface area contributed by atoms with Gasteiger partial charge in [0.1, 0.15) is 22.8 Å². The molecule has 0 saturated carbocycles. The van der Waals surface area contributed by atoms with E-state index in [1.54, 1.807) is 11.1 Å². The maximum absolute atomic E-state index is 14.1. The number of hydrogen-bond acceptors (Lipinski definition) is 8. The van der Waals surface area contributed by atoms with Crippen LogP contribution in [0.1, 0.15) is 51.8 Å². The summed E-state index contributed by atoms with van der Waals surface area (Å²) in [6.45, 7) is 12.3. The summed E-state index contributed by atoms with van der Waals surface area (Å²) in [5, 5.41) is 4.60. The highest BCUT2D eigenvalue weighted by molar-refractivity contribution is 5.79. The van der Waals surface area contributed by atoms with Crippen molar-refractivity contribution in [3.63, 3.8) is 0 Å². The molecule has 0 atom stereocenters. The average Bonchev–Trinajstić information content (AvgIpc) is 3.48. The van der Waals surface area contributed by atoms with Gasteiger partial charge in [0.05, 0.1) is 31.2 Å². The predicted octanol–water partition coefficient (Wildman–Crippen LogP) is 4.63. The van der Waals surface area contributed by atoms with Gasteiger partial charge in [-0.2, -0.15) is 15.1 Å². The lowest BCUT2D eigenvalue weighted by atomic mass is 9.97. The number of halogens is 1. The number of rotatable bonds is 7. The SMILES string of the molecule is CCOc1nc(C)c2nc(-c3cncc(F)c3)n(Cc3cnn(CC4CCN(C(=O)OC(C)(C)C)CC4)c3)c2n1. The van der Waals surface area contributed by atoms with Gasteiger partial charge < -0.3 is 18.9 Å². The van der Waals surface area contributed by atoms with Gasteiger partial charge in [-0.3, -0.25) is 9.67 Å². The van der Waals surface area contributed by atoms with E-state index >= 15 is 0 Å². The predicted molar refractivity (Wildman–Crippen MR) is 146 cm³/mol. The summed E-state index contributed by atoms with van der Waals surface area (Å²) in [7, 11) is 0. The monoisotopic (exact) mass is 550 g/mol. The fourth-order valence-corrected chi connectivity index (χ4v) is 4.87. The van der Waals surface area contributed by atoms with E-state index < -0.39 is 11.4 Å². The van der Waals surface area contributed by atoms with Gasteiger partial charge in [0.2, 0.25) is 0 Å². The molecule has 0 radical (unpaired) electrons. The highest BCUT2D eigenvalue weighted by Gasteiger charge is 2.27. The van der Waals surface area contributed by atoms with Crippen LogP contribution in [0.2, 0.25) is 0 Å². The van der Waals surface area contributed by atoms with Gasteiger partial charge in [-0.05, 0) is 59.4 Å². The summed E-state index contributed by atoms with van der Waals surface area (Å²) in [5.74, 6) is 0.494. The Kier molecular flexibility index (Phi) is 7.68. The number of hydrogen-bond donors (Lipinski definition) is 0. The lowest BCUT2D eigenvalue weighted by Gasteiger charge is -2.33. The van der Waals surface area contributed by atoms with Gasteiger partial charge in [0.25, 0.3) is 0 Å². The summed E-state index contributed by atoms with van der Waals surface area (Å²) in [5.41, 5.74) is 2.88. The number of ether oxygens (including phenoxy) is 2. The van der Waals surface area contributed by atoms with Crippen LogP contribution in [0.4, 0.5) is 9.18 Å². The van der Waals surface area contributed by atoms with E-state index in [-0.39, 0.29) is 12.1 Å². The lowest BCUT2D eigenvalue weighted by Crippen LogP contribution is -2.42. The molecular weight excluding hydrogens is 515 g/mol. The van der Waals surface area contributed by atoms with Crippen LogP contribution in [0.5, 0.6) is 6.01 Å². The second-order valence-corrected chi connectivity index (χ2v) is 11.1. The number of fused-ring (bicyclic) bond motifs is 1. The zero-order valence-electron chi connectivity index (χ0n) is 23.6. The van der Waals surface area contributed by atoms with E-state index in [4.69, 9.17) is 14.5 Å². The molecule has 4 aromatic heterocycles. The zero-order valence-corrected chi connectivity index (χ0v) is 23.6. The molecule has 11 nitrogen and oxygen atoms in total. The van der Waals surface area contributed by atoms with Gasteiger partial charge in [-0.25, -0.2) is 14.2 Å². The van der Waals surface area contributed by atoms with Crippen LogP contribution in [-0.2, 0) is 17.8 Å². The third kappa shape index (κ3) is 6.21. The number of aromatic nitrogens is 7. The number of carbonyl (C=O) groups excluding carboxylic acids is 1. The molecule has 1 saturated heterocycles.